The molecule has 1 aliphatic rings. The van der Waals surface area contributed by atoms with E-state index < -0.39 is 29.8 Å². The number of amides is 1. The van der Waals surface area contributed by atoms with E-state index in [0.717, 1.165) is 0 Å². The first-order valence-electron chi connectivity index (χ1n) is 6.04. The van der Waals surface area contributed by atoms with Gasteiger partial charge < -0.3 is 15.3 Å². The average Bonchev–Trinajstić information content (AvgIpc) is 2.38. The summed E-state index contributed by atoms with van der Waals surface area (Å²) in [6.07, 6.45) is 0. The highest BCUT2D eigenvalue weighted by Crippen LogP contribution is 2.16. The smallest absolute Gasteiger partial charge is 0.322 e. The van der Waals surface area contributed by atoms with E-state index in [2.05, 4.69) is 5.32 Å². The van der Waals surface area contributed by atoms with Gasteiger partial charge in [-0.25, -0.2) is 4.39 Å². The first-order chi connectivity index (χ1) is 9.02. The Bertz CT molecular complexity index is 506. The monoisotopic (exact) mass is 266 g/mol. The predicted molar refractivity (Wildman–Crippen MR) is 66.3 cm³/mol. The largest absolute Gasteiger partial charge is 0.480 e. The van der Waals surface area contributed by atoms with Crippen LogP contribution in [0.3, 0.4) is 0 Å². The van der Waals surface area contributed by atoms with Crippen LogP contribution in [-0.2, 0) is 4.79 Å². The molecule has 0 aromatic heterocycles. The van der Waals surface area contributed by atoms with Crippen LogP contribution in [0.25, 0.3) is 0 Å². The molecule has 0 aliphatic carbocycles. The molecule has 1 heterocycles. The molecule has 2 unspecified atom stereocenters. The second-order valence-corrected chi connectivity index (χ2v) is 4.49. The van der Waals surface area contributed by atoms with Crippen molar-refractivity contribution >= 4 is 11.9 Å². The molecule has 2 atom stereocenters. The Hall–Kier alpha value is -1.95. The van der Waals surface area contributed by atoms with Crippen molar-refractivity contribution in [3.63, 3.8) is 0 Å². The molecule has 2 rings (SSSR count). The van der Waals surface area contributed by atoms with Crippen LogP contribution in [0.4, 0.5) is 4.39 Å². The van der Waals surface area contributed by atoms with Gasteiger partial charge in [-0.1, -0.05) is 12.1 Å². The Labute approximate surface area is 110 Å². The van der Waals surface area contributed by atoms with Crippen molar-refractivity contribution in [2.24, 2.45) is 0 Å². The van der Waals surface area contributed by atoms with Crippen molar-refractivity contribution in [3.05, 3.63) is 35.6 Å². The maximum Gasteiger partial charge on any atom is 0.322 e. The number of hydrogen-bond donors (Lipinski definition) is 2. The Balaban J connectivity index is 2.24. The van der Waals surface area contributed by atoms with E-state index in [1.165, 1.54) is 23.1 Å². The fourth-order valence-electron chi connectivity index (χ4n) is 2.26. The molecule has 0 spiro atoms. The van der Waals surface area contributed by atoms with Gasteiger partial charge in [-0.15, -0.1) is 0 Å². The predicted octanol–water partition coefficient (Wildman–Crippen LogP) is 0.713. The number of nitrogens with one attached hydrogen (secondary N) is 1. The lowest BCUT2D eigenvalue weighted by atomic mass is 10.0. The van der Waals surface area contributed by atoms with Crippen molar-refractivity contribution in [1.82, 2.24) is 10.2 Å². The number of carbonyl (C=O) groups is 2. The number of benzene rings is 1. The number of nitrogens with zero attached hydrogens (tertiary/aromatic N) is 1. The summed E-state index contributed by atoms with van der Waals surface area (Å²) in [5.41, 5.74) is -0.0274. The Kier molecular flexibility index (Phi) is 3.80. The minimum Gasteiger partial charge on any atom is -0.480 e. The van der Waals surface area contributed by atoms with E-state index >= 15 is 0 Å². The van der Waals surface area contributed by atoms with Crippen LogP contribution in [0, 0.1) is 5.82 Å². The number of piperazine rings is 1. The van der Waals surface area contributed by atoms with Crippen LogP contribution in [-0.4, -0.2) is 47.1 Å². The van der Waals surface area contributed by atoms with Crippen LogP contribution >= 0.6 is 0 Å². The molecular weight excluding hydrogens is 251 g/mol. The van der Waals surface area contributed by atoms with Gasteiger partial charge in [-0.2, -0.15) is 0 Å². The Morgan fingerprint density at radius 2 is 2.11 bits per heavy atom. The van der Waals surface area contributed by atoms with Gasteiger partial charge in [-0.05, 0) is 19.1 Å². The molecule has 5 nitrogen and oxygen atoms in total. The molecule has 1 aromatic carbocycles. The van der Waals surface area contributed by atoms with Crippen molar-refractivity contribution < 1.29 is 19.1 Å². The third-order valence-electron chi connectivity index (χ3n) is 3.32. The van der Waals surface area contributed by atoms with Gasteiger partial charge in [-0.3, -0.25) is 9.59 Å². The topological polar surface area (TPSA) is 69.6 Å². The van der Waals surface area contributed by atoms with E-state index in [1.54, 1.807) is 13.0 Å². The minimum absolute atomic E-state index is 0.0274. The average molecular weight is 266 g/mol. The van der Waals surface area contributed by atoms with E-state index in [9.17, 15) is 14.0 Å². The number of hydrogen-bond acceptors (Lipinski definition) is 3. The molecule has 0 bridgehead atoms. The van der Waals surface area contributed by atoms with Crippen LogP contribution in [0.5, 0.6) is 0 Å². The highest BCUT2D eigenvalue weighted by Gasteiger charge is 2.35. The number of halogens is 1. The summed E-state index contributed by atoms with van der Waals surface area (Å²) in [6, 6.07) is 4.35. The maximum atomic E-state index is 13.6. The Morgan fingerprint density at radius 1 is 1.42 bits per heavy atom. The zero-order valence-electron chi connectivity index (χ0n) is 10.5. The number of carboxylic acid groups (broad SMARTS) is 1. The van der Waals surface area contributed by atoms with E-state index in [-0.39, 0.29) is 5.56 Å². The normalized spacial score (nSPS) is 23.2. The maximum absolute atomic E-state index is 13.6. The van der Waals surface area contributed by atoms with Gasteiger partial charge in [0.25, 0.3) is 5.91 Å². The van der Waals surface area contributed by atoms with Gasteiger partial charge in [0, 0.05) is 13.1 Å². The van der Waals surface area contributed by atoms with E-state index in [4.69, 9.17) is 5.11 Å². The molecule has 1 saturated heterocycles. The molecule has 1 aliphatic heterocycles. The first-order valence-corrected chi connectivity index (χ1v) is 6.04. The molecule has 1 amide bonds. The van der Waals surface area contributed by atoms with Crippen LogP contribution in [0.2, 0.25) is 0 Å². The van der Waals surface area contributed by atoms with Crippen molar-refractivity contribution in [1.29, 1.82) is 0 Å². The van der Waals surface area contributed by atoms with Gasteiger partial charge in [0.2, 0.25) is 0 Å². The van der Waals surface area contributed by atoms with Crippen LogP contribution < -0.4 is 5.32 Å². The van der Waals surface area contributed by atoms with Gasteiger partial charge in [0.05, 0.1) is 11.6 Å². The molecule has 1 fully saturated rings. The summed E-state index contributed by atoms with van der Waals surface area (Å²) < 4.78 is 13.6. The number of carbonyl (C=O) groups excluding carboxylic acids is 1. The van der Waals surface area contributed by atoms with E-state index in [0.29, 0.717) is 13.1 Å². The molecular formula is C13H15FN2O3. The van der Waals surface area contributed by atoms with Crippen LogP contribution in [0.15, 0.2) is 24.3 Å². The molecule has 2 N–H and O–H groups in total. The lowest BCUT2D eigenvalue weighted by molar-refractivity contribution is -0.141. The summed E-state index contributed by atoms with van der Waals surface area (Å²) in [5.74, 6) is -2.08. The third kappa shape index (κ3) is 2.58. The minimum atomic E-state index is -1.02. The Morgan fingerprint density at radius 3 is 2.74 bits per heavy atom. The molecule has 102 valence electrons. The quantitative estimate of drug-likeness (QED) is 0.827. The van der Waals surface area contributed by atoms with Crippen molar-refractivity contribution in [2.45, 2.75) is 19.0 Å². The summed E-state index contributed by atoms with van der Waals surface area (Å²) >= 11 is 0. The molecule has 1 aromatic rings. The van der Waals surface area contributed by atoms with Gasteiger partial charge in [0.15, 0.2) is 0 Å². The van der Waals surface area contributed by atoms with Gasteiger partial charge in [0.1, 0.15) is 11.9 Å². The zero-order chi connectivity index (χ0) is 14.0. The zero-order valence-corrected chi connectivity index (χ0v) is 10.5. The number of aliphatic carboxylic acids is 1. The molecule has 6 heteroatoms. The summed E-state index contributed by atoms with van der Waals surface area (Å²) in [4.78, 5) is 24.7. The lowest BCUT2D eigenvalue weighted by Crippen LogP contribution is -2.61. The summed E-state index contributed by atoms with van der Waals surface area (Å²) in [7, 11) is 0. The number of rotatable bonds is 2. The second kappa shape index (κ2) is 5.36. The SMILES string of the molecule is CC1C(C(=O)O)NCCN1C(=O)c1ccccc1F. The standard InChI is InChI=1S/C13H15FN2O3/c1-8-11(13(18)19)15-6-7-16(8)12(17)9-4-2-3-5-10(9)14/h2-5,8,11,15H,6-7H2,1H3,(H,18,19). The van der Waals surface area contributed by atoms with Crippen molar-refractivity contribution in [2.75, 3.05) is 13.1 Å². The molecule has 0 saturated carbocycles. The second-order valence-electron chi connectivity index (χ2n) is 4.49. The summed E-state index contributed by atoms with van der Waals surface area (Å²) in [5, 5.41) is 11.9. The fourth-order valence-corrected chi connectivity index (χ4v) is 2.26. The van der Waals surface area contributed by atoms with Crippen LogP contribution in [0.1, 0.15) is 17.3 Å². The first kappa shape index (κ1) is 13.5. The van der Waals surface area contributed by atoms with Crippen molar-refractivity contribution in [3.8, 4) is 0 Å². The highest BCUT2D eigenvalue weighted by atomic mass is 19.1. The lowest BCUT2D eigenvalue weighted by Gasteiger charge is -2.38. The fraction of sp³-hybridized carbons (Fsp3) is 0.385. The highest BCUT2D eigenvalue weighted by molar-refractivity contribution is 5.95. The number of carboxylic acids is 1. The third-order valence-corrected chi connectivity index (χ3v) is 3.32. The summed E-state index contributed by atoms with van der Waals surface area (Å²) in [6.45, 7) is 2.38. The molecule has 0 radical (unpaired) electrons. The van der Waals surface area contributed by atoms with Gasteiger partial charge >= 0.3 is 5.97 Å². The van der Waals surface area contributed by atoms with E-state index in [1.807, 2.05) is 0 Å². The molecule has 19 heavy (non-hydrogen) atoms.